The second-order valence-corrected chi connectivity index (χ2v) is 25.9. The molecule has 0 saturated heterocycles. The molecular weight excluding hydrogens is 1310 g/mol. The number of methoxy groups -OCH3 is 3. The van der Waals surface area contributed by atoms with Gasteiger partial charge in [0, 0.05) is 49.4 Å². The first kappa shape index (κ1) is 76.7. The summed E-state index contributed by atoms with van der Waals surface area (Å²) in [7, 11) is 4.36. The minimum atomic E-state index is -1.57. The summed E-state index contributed by atoms with van der Waals surface area (Å²) in [4.78, 5) is 127. The molecule has 9 amide bonds. The largest absolute Gasteiger partial charge is 0.493 e. The average molecular weight is 1400 g/mol. The lowest BCUT2D eigenvalue weighted by molar-refractivity contribution is -0.132. The third-order valence-corrected chi connectivity index (χ3v) is 17.5. The molecule has 8 unspecified atom stereocenters. The van der Waals surface area contributed by atoms with Crippen LogP contribution in [0.15, 0.2) is 109 Å². The van der Waals surface area contributed by atoms with E-state index in [-0.39, 0.29) is 121 Å². The molecular formula is C73H93N9O19. The smallest absolute Gasteiger partial charge is 0.416 e. The number of nitrogens with zero attached hydrogens (tertiary/aromatic N) is 4. The van der Waals surface area contributed by atoms with Crippen LogP contribution in [0, 0.1) is 17.8 Å². The van der Waals surface area contributed by atoms with E-state index < -0.39 is 90.3 Å². The van der Waals surface area contributed by atoms with Crippen molar-refractivity contribution in [1.29, 1.82) is 0 Å². The first-order valence-electron chi connectivity index (χ1n) is 33.6. The van der Waals surface area contributed by atoms with Gasteiger partial charge in [-0.15, -0.1) is 6.58 Å². The molecule has 4 aromatic rings. The molecule has 0 radical (unpaired) electrons. The van der Waals surface area contributed by atoms with Crippen molar-refractivity contribution >= 4 is 76.3 Å². The molecule has 0 aliphatic carbocycles. The van der Waals surface area contributed by atoms with Crippen LogP contribution >= 0.6 is 0 Å². The van der Waals surface area contributed by atoms with Gasteiger partial charge in [-0.3, -0.25) is 33.6 Å². The number of anilines is 4. The molecule has 28 heteroatoms. The van der Waals surface area contributed by atoms with E-state index >= 15 is 0 Å². The molecule has 0 bridgehead atoms. The van der Waals surface area contributed by atoms with Gasteiger partial charge in [-0.05, 0) is 119 Å². The van der Waals surface area contributed by atoms with Crippen molar-refractivity contribution in [2.75, 3.05) is 74.8 Å². The van der Waals surface area contributed by atoms with Crippen molar-refractivity contribution in [1.82, 2.24) is 25.8 Å². The standard InChI is InChI=1S/C73H93N9O19/c1-13-51(41(2)3)66(86)74-45(8)64(84)76-49-21-17-47(18-22-49)39-100-72(92)81-54-35-60(58(95-11)33-52(54)68(88)79-37-43(6)31-56(79)70(81)90)98-26-15-14-16-27-99-61-36-55-53(34-59(61)96-12)69(89)80-38-44(7)32-57(80)71(91)82(55)73(93)101-40-48-19-23-50(24-20-48)77-65(85)46(9)75-67(87)63(42(4)5)78-62(83)25-28-97-30-29-94-10/h13,17-24,33-38,41-42,45-46,51,56-57,63,70-71,90-91H,1,14-16,25-32,39-40H2,2-12H3,(H,74,86)(H,75,87)(H,76,84)(H,77,85)(H,78,83). The van der Waals surface area contributed by atoms with E-state index in [0.29, 0.717) is 55.0 Å². The van der Waals surface area contributed by atoms with E-state index in [1.165, 1.54) is 55.2 Å². The van der Waals surface area contributed by atoms with Crippen molar-refractivity contribution in [2.45, 2.75) is 150 Å². The maximum atomic E-state index is 14.3. The Hall–Kier alpha value is -10.0. The van der Waals surface area contributed by atoms with E-state index in [0.717, 1.165) is 20.9 Å². The van der Waals surface area contributed by atoms with Gasteiger partial charge in [0.1, 0.15) is 31.3 Å². The number of fused-ring (bicyclic) bond motifs is 4. The van der Waals surface area contributed by atoms with E-state index in [2.05, 4.69) is 33.2 Å². The molecule has 4 aliphatic heterocycles. The summed E-state index contributed by atoms with van der Waals surface area (Å²) >= 11 is 0. The molecule has 4 aromatic carbocycles. The highest BCUT2D eigenvalue weighted by atomic mass is 16.6. The minimum absolute atomic E-state index is 0.00692. The van der Waals surface area contributed by atoms with E-state index in [4.69, 9.17) is 37.9 Å². The van der Waals surface area contributed by atoms with Crippen LogP contribution < -0.4 is 55.3 Å². The van der Waals surface area contributed by atoms with Gasteiger partial charge < -0.3 is 84.5 Å². The molecule has 4 aliphatic rings. The average Bonchev–Trinajstić information content (AvgIpc) is 1.63. The predicted molar refractivity (Wildman–Crippen MR) is 373 cm³/mol. The maximum Gasteiger partial charge on any atom is 0.416 e. The zero-order chi connectivity index (χ0) is 73.4. The summed E-state index contributed by atoms with van der Waals surface area (Å²) in [5.74, 6) is -3.22. The number of hydrogen-bond donors (Lipinski definition) is 7. The Bertz CT molecular complexity index is 3750. The summed E-state index contributed by atoms with van der Waals surface area (Å²) in [5, 5.41) is 37.6. The number of aliphatic hydroxyl groups is 2. The van der Waals surface area contributed by atoms with Gasteiger partial charge in [0.2, 0.25) is 29.5 Å². The SMILES string of the molecule is C=CC(C(=O)NC(C)C(=O)Nc1ccc(COC(=O)N2c3cc(OCCCCCOc4cc5c(cc4OC)C(=O)N4C=C(C)CC4C(O)N5C(=O)OCc4ccc(NC(=O)C(C)NC(=O)C(NC(=O)CCOCCOC)C(C)C)cc4)c(OC)cc3C(=O)N3C=C(C)CC3C2O)cc1)C(C)C. The molecule has 8 atom stereocenters. The fourth-order valence-electron chi connectivity index (χ4n) is 11.9. The van der Waals surface area contributed by atoms with E-state index in [1.807, 2.05) is 27.7 Å². The lowest BCUT2D eigenvalue weighted by Gasteiger charge is -2.31. The Balaban J connectivity index is 0.876. The molecule has 0 fully saturated rings. The summed E-state index contributed by atoms with van der Waals surface area (Å²) in [6.45, 7) is 18.4. The highest BCUT2D eigenvalue weighted by Crippen LogP contribution is 2.44. The van der Waals surface area contributed by atoms with Crippen LogP contribution in [-0.4, -0.2) is 171 Å². The van der Waals surface area contributed by atoms with E-state index in [1.54, 1.807) is 94.9 Å². The van der Waals surface area contributed by atoms with Gasteiger partial charge in [-0.1, -0.05) is 69.2 Å². The van der Waals surface area contributed by atoms with Gasteiger partial charge in [-0.2, -0.15) is 0 Å². The van der Waals surface area contributed by atoms with E-state index in [9.17, 15) is 53.4 Å². The number of amides is 9. The number of unbranched alkanes of at least 4 members (excludes halogenated alkanes) is 2. The van der Waals surface area contributed by atoms with Crippen molar-refractivity contribution in [3.63, 3.8) is 0 Å². The first-order chi connectivity index (χ1) is 48.3. The van der Waals surface area contributed by atoms with Crippen LogP contribution in [0.5, 0.6) is 23.0 Å². The minimum Gasteiger partial charge on any atom is -0.493 e. The summed E-state index contributed by atoms with van der Waals surface area (Å²) in [6.07, 6.45) is 1.85. The number of rotatable bonds is 32. The number of nitrogens with one attached hydrogen (secondary N) is 5. The normalized spacial score (nSPS) is 18.0. The number of carbonyl (C=O) groups excluding carboxylic acids is 9. The fraction of sp³-hybridized carbons (Fsp3) is 0.466. The number of carbonyl (C=O) groups is 9. The van der Waals surface area contributed by atoms with Crippen LogP contribution in [0.1, 0.15) is 126 Å². The van der Waals surface area contributed by atoms with Gasteiger partial charge in [0.25, 0.3) is 11.8 Å². The Morgan fingerprint density at radius 3 is 1.41 bits per heavy atom. The molecule has 7 N–H and O–H groups in total. The summed E-state index contributed by atoms with van der Waals surface area (Å²) in [6, 6.07) is 14.3. The van der Waals surface area contributed by atoms with Crippen LogP contribution in [0.4, 0.5) is 32.3 Å². The zero-order valence-electron chi connectivity index (χ0n) is 59.0. The quantitative estimate of drug-likeness (QED) is 0.0179. The number of aliphatic hydroxyl groups excluding tert-OH is 2. The number of benzene rings is 4. The topological polar surface area (TPSA) is 341 Å². The van der Waals surface area contributed by atoms with Gasteiger partial charge in [0.05, 0.1) is 87.8 Å². The molecule has 0 spiro atoms. The third kappa shape index (κ3) is 19.1. The lowest BCUT2D eigenvalue weighted by Crippen LogP contribution is -2.53. The first-order valence-corrected chi connectivity index (χ1v) is 33.6. The zero-order valence-corrected chi connectivity index (χ0v) is 59.0. The molecule has 28 nitrogen and oxygen atoms in total. The highest BCUT2D eigenvalue weighted by Gasteiger charge is 2.47. The molecule has 4 heterocycles. The van der Waals surface area contributed by atoms with Crippen molar-refractivity contribution in [2.24, 2.45) is 17.8 Å². The Morgan fingerprint density at radius 2 is 1.00 bits per heavy atom. The van der Waals surface area contributed by atoms with Gasteiger partial charge in [-0.25, -0.2) is 19.4 Å². The monoisotopic (exact) mass is 1400 g/mol. The number of hydrogen-bond acceptors (Lipinski definition) is 19. The molecule has 0 aromatic heterocycles. The summed E-state index contributed by atoms with van der Waals surface area (Å²) < 4.78 is 45.9. The van der Waals surface area contributed by atoms with Crippen molar-refractivity contribution < 1.29 is 91.3 Å². The Labute approximate surface area is 587 Å². The Morgan fingerprint density at radius 1 is 0.554 bits per heavy atom. The fourth-order valence-corrected chi connectivity index (χ4v) is 11.9. The molecule has 8 rings (SSSR count). The molecule has 544 valence electrons. The van der Waals surface area contributed by atoms with Crippen LogP contribution in [-0.2, 0) is 56.1 Å². The second kappa shape index (κ2) is 35.3. The van der Waals surface area contributed by atoms with Crippen LogP contribution in [0.25, 0.3) is 0 Å². The predicted octanol–water partition coefficient (Wildman–Crippen LogP) is 8.06. The molecule has 0 saturated carbocycles. The highest BCUT2D eigenvalue weighted by molar-refractivity contribution is 6.08. The van der Waals surface area contributed by atoms with Gasteiger partial charge >= 0.3 is 12.2 Å². The van der Waals surface area contributed by atoms with Crippen LogP contribution in [0.3, 0.4) is 0 Å². The van der Waals surface area contributed by atoms with Crippen molar-refractivity contribution in [3.8, 4) is 23.0 Å². The Kier molecular flexibility index (Phi) is 26.8. The molecule has 101 heavy (non-hydrogen) atoms. The van der Waals surface area contributed by atoms with Crippen LogP contribution in [0.2, 0.25) is 0 Å². The second-order valence-electron chi connectivity index (χ2n) is 25.9. The third-order valence-electron chi connectivity index (χ3n) is 17.5. The lowest BCUT2D eigenvalue weighted by atomic mass is 9.95. The summed E-state index contributed by atoms with van der Waals surface area (Å²) in [5.41, 5.74) is 3.60. The maximum absolute atomic E-state index is 14.3. The van der Waals surface area contributed by atoms with Gasteiger partial charge in [0.15, 0.2) is 35.5 Å². The number of ether oxygens (including phenoxy) is 8. The van der Waals surface area contributed by atoms with Crippen molar-refractivity contribution in [3.05, 3.63) is 131 Å².